The predicted molar refractivity (Wildman–Crippen MR) is 73.0 cm³/mol. The number of hydrogen-bond acceptors (Lipinski definition) is 3. The number of hydrogen-bond donors (Lipinski definition) is 3. The first kappa shape index (κ1) is 13.2. The summed E-state index contributed by atoms with van der Waals surface area (Å²) in [7, 11) is 0. The summed E-state index contributed by atoms with van der Waals surface area (Å²) < 4.78 is 0. The molecule has 0 spiro atoms. The Balaban J connectivity index is 2.78. The van der Waals surface area contributed by atoms with Crippen LogP contribution in [0.15, 0.2) is 47.4 Å². The number of rotatable bonds is 3. The minimum Gasteiger partial charge on any atom is -0.478 e. The van der Waals surface area contributed by atoms with Crippen molar-refractivity contribution in [1.29, 1.82) is 0 Å². The third-order valence-corrected chi connectivity index (χ3v) is 3.17. The predicted octanol–water partition coefficient (Wildman–Crippen LogP) is 3.04. The summed E-state index contributed by atoms with van der Waals surface area (Å²) in [4.78, 5) is 22.5. The fourth-order valence-corrected chi connectivity index (χ4v) is 2.26. The molecule has 0 aliphatic heterocycles. The van der Waals surface area contributed by atoms with E-state index in [0.29, 0.717) is 11.1 Å². The van der Waals surface area contributed by atoms with E-state index in [4.69, 9.17) is 5.11 Å². The van der Waals surface area contributed by atoms with Crippen molar-refractivity contribution in [3.05, 3.63) is 53.6 Å². The molecule has 2 rings (SSSR count). The molecule has 0 aliphatic carbocycles. The van der Waals surface area contributed by atoms with Gasteiger partial charge in [0.2, 0.25) is 0 Å². The Morgan fingerprint density at radius 1 is 0.842 bits per heavy atom. The van der Waals surface area contributed by atoms with Gasteiger partial charge in [0.05, 0.1) is 11.1 Å². The van der Waals surface area contributed by atoms with Gasteiger partial charge in [-0.1, -0.05) is 30.3 Å². The van der Waals surface area contributed by atoms with Crippen LogP contribution in [0.3, 0.4) is 0 Å². The van der Waals surface area contributed by atoms with E-state index in [1.807, 2.05) is 0 Å². The van der Waals surface area contributed by atoms with E-state index in [-0.39, 0.29) is 16.0 Å². The van der Waals surface area contributed by atoms with Crippen LogP contribution in [0.2, 0.25) is 0 Å². The monoisotopic (exact) mass is 274 g/mol. The van der Waals surface area contributed by atoms with E-state index in [0.717, 1.165) is 0 Å². The van der Waals surface area contributed by atoms with E-state index in [9.17, 15) is 14.7 Å². The molecule has 0 saturated carbocycles. The number of carbonyl (C=O) groups is 2. The van der Waals surface area contributed by atoms with E-state index in [1.165, 1.54) is 12.1 Å². The molecule has 19 heavy (non-hydrogen) atoms. The third kappa shape index (κ3) is 2.46. The van der Waals surface area contributed by atoms with Gasteiger partial charge in [-0.2, -0.15) is 0 Å². The molecule has 0 aliphatic rings. The Labute approximate surface area is 114 Å². The highest BCUT2D eigenvalue weighted by molar-refractivity contribution is 7.80. The van der Waals surface area contributed by atoms with Gasteiger partial charge in [-0.3, -0.25) is 0 Å². The Morgan fingerprint density at radius 3 is 1.89 bits per heavy atom. The lowest BCUT2D eigenvalue weighted by atomic mass is 9.97. The van der Waals surface area contributed by atoms with Crippen molar-refractivity contribution in [2.45, 2.75) is 4.90 Å². The average molecular weight is 274 g/mol. The second kappa shape index (κ2) is 5.16. The van der Waals surface area contributed by atoms with Gasteiger partial charge in [-0.15, -0.1) is 12.6 Å². The fraction of sp³-hybridized carbons (Fsp3) is 0. The maximum Gasteiger partial charge on any atom is 0.336 e. The molecule has 0 saturated heterocycles. The number of benzene rings is 2. The molecule has 96 valence electrons. The Hall–Kier alpha value is -2.27. The lowest BCUT2D eigenvalue weighted by Crippen LogP contribution is -2.05. The zero-order chi connectivity index (χ0) is 14.0. The zero-order valence-corrected chi connectivity index (χ0v) is 10.6. The molecular formula is C14H10O4S. The summed E-state index contributed by atoms with van der Waals surface area (Å²) in [6, 6.07) is 11.3. The second-order valence-corrected chi connectivity index (χ2v) is 4.31. The molecule has 0 radical (unpaired) electrons. The molecule has 0 unspecified atom stereocenters. The molecular weight excluding hydrogens is 264 g/mol. The smallest absolute Gasteiger partial charge is 0.336 e. The van der Waals surface area contributed by atoms with E-state index in [2.05, 4.69) is 12.6 Å². The van der Waals surface area contributed by atoms with Gasteiger partial charge >= 0.3 is 11.9 Å². The van der Waals surface area contributed by atoms with Gasteiger partial charge in [0.1, 0.15) is 0 Å². The summed E-state index contributed by atoms with van der Waals surface area (Å²) in [5, 5.41) is 18.3. The molecule has 0 aromatic heterocycles. The summed E-state index contributed by atoms with van der Waals surface area (Å²) >= 11 is 4.18. The van der Waals surface area contributed by atoms with Crippen molar-refractivity contribution in [2.75, 3.05) is 0 Å². The van der Waals surface area contributed by atoms with Crippen molar-refractivity contribution in [1.82, 2.24) is 0 Å². The van der Waals surface area contributed by atoms with Crippen LogP contribution in [0.5, 0.6) is 0 Å². The molecule has 0 heterocycles. The molecule has 4 nitrogen and oxygen atoms in total. The van der Waals surface area contributed by atoms with E-state index >= 15 is 0 Å². The second-order valence-electron chi connectivity index (χ2n) is 3.86. The van der Waals surface area contributed by atoms with Crippen LogP contribution < -0.4 is 0 Å². The van der Waals surface area contributed by atoms with Gasteiger partial charge in [0, 0.05) is 10.5 Å². The molecule has 2 aromatic rings. The summed E-state index contributed by atoms with van der Waals surface area (Å²) in [6.45, 7) is 0. The highest BCUT2D eigenvalue weighted by atomic mass is 32.1. The molecule has 0 fully saturated rings. The molecule has 0 atom stereocenters. The van der Waals surface area contributed by atoms with Crippen LogP contribution in [-0.4, -0.2) is 22.2 Å². The number of aromatic carboxylic acids is 2. The van der Waals surface area contributed by atoms with Crippen LogP contribution in [-0.2, 0) is 0 Å². The quantitative estimate of drug-likeness (QED) is 0.752. The highest BCUT2D eigenvalue weighted by Gasteiger charge is 2.19. The van der Waals surface area contributed by atoms with Crippen molar-refractivity contribution in [2.24, 2.45) is 0 Å². The minimum atomic E-state index is -1.14. The maximum absolute atomic E-state index is 11.2. The van der Waals surface area contributed by atoms with Crippen molar-refractivity contribution in [3.8, 4) is 11.1 Å². The SMILES string of the molecule is O=C(O)c1ccc(C(=O)O)c(-c2ccccc2)c1S. The Kier molecular flexibility index (Phi) is 3.57. The molecule has 0 bridgehead atoms. The topological polar surface area (TPSA) is 74.6 Å². The number of thiol groups is 1. The van der Waals surface area contributed by atoms with Crippen molar-refractivity contribution < 1.29 is 19.8 Å². The third-order valence-electron chi connectivity index (χ3n) is 2.70. The Morgan fingerprint density at radius 2 is 1.37 bits per heavy atom. The fourth-order valence-electron chi connectivity index (χ4n) is 1.84. The zero-order valence-electron chi connectivity index (χ0n) is 9.70. The number of carboxylic acids is 2. The standard InChI is InChI=1S/C14H10O4S/c15-13(16)9-6-7-10(14(17)18)12(19)11(9)8-4-2-1-3-5-8/h1-7,19H,(H,15,16)(H,17,18). The first-order chi connectivity index (χ1) is 9.02. The molecule has 2 aromatic carbocycles. The largest absolute Gasteiger partial charge is 0.478 e. The highest BCUT2D eigenvalue weighted by Crippen LogP contribution is 2.33. The van der Waals surface area contributed by atoms with Gasteiger partial charge < -0.3 is 10.2 Å². The van der Waals surface area contributed by atoms with E-state index in [1.54, 1.807) is 30.3 Å². The first-order valence-corrected chi connectivity index (χ1v) is 5.85. The van der Waals surface area contributed by atoms with Gasteiger partial charge in [0.15, 0.2) is 0 Å². The summed E-state index contributed by atoms with van der Waals surface area (Å²) in [5.74, 6) is -2.26. The molecule has 5 heteroatoms. The lowest BCUT2D eigenvalue weighted by molar-refractivity contribution is 0.0679. The first-order valence-electron chi connectivity index (χ1n) is 5.40. The minimum absolute atomic E-state index is 0.0211. The summed E-state index contributed by atoms with van der Waals surface area (Å²) in [5.41, 5.74) is 0.942. The van der Waals surface area contributed by atoms with Gasteiger partial charge in [-0.05, 0) is 17.7 Å². The van der Waals surface area contributed by atoms with Crippen LogP contribution >= 0.6 is 12.6 Å². The average Bonchev–Trinajstić information content (AvgIpc) is 2.38. The van der Waals surface area contributed by atoms with Gasteiger partial charge in [-0.25, -0.2) is 9.59 Å². The Bertz CT molecular complexity index is 650. The van der Waals surface area contributed by atoms with Crippen LogP contribution in [0.4, 0.5) is 0 Å². The van der Waals surface area contributed by atoms with Crippen LogP contribution in [0, 0.1) is 0 Å². The van der Waals surface area contributed by atoms with Crippen LogP contribution in [0.25, 0.3) is 11.1 Å². The van der Waals surface area contributed by atoms with Crippen molar-refractivity contribution >= 4 is 24.6 Å². The van der Waals surface area contributed by atoms with Crippen molar-refractivity contribution in [3.63, 3.8) is 0 Å². The maximum atomic E-state index is 11.2. The van der Waals surface area contributed by atoms with Gasteiger partial charge in [0.25, 0.3) is 0 Å². The molecule has 0 amide bonds. The lowest BCUT2D eigenvalue weighted by Gasteiger charge is -2.11. The normalized spacial score (nSPS) is 10.2. The van der Waals surface area contributed by atoms with Crippen LogP contribution in [0.1, 0.15) is 20.7 Å². The molecule has 2 N–H and O–H groups in total. The summed E-state index contributed by atoms with van der Waals surface area (Å²) in [6.07, 6.45) is 0. The number of carboxylic acid groups (broad SMARTS) is 2. The van der Waals surface area contributed by atoms with E-state index < -0.39 is 11.9 Å².